The van der Waals surface area contributed by atoms with Crippen LogP contribution in [0.3, 0.4) is 0 Å². The Morgan fingerprint density at radius 2 is 1.73 bits per heavy atom. The van der Waals surface area contributed by atoms with Crippen molar-refractivity contribution >= 4 is 23.0 Å². The van der Waals surface area contributed by atoms with Gasteiger partial charge in [-0.25, -0.2) is 0 Å². The number of amides is 1. The molecule has 0 aliphatic rings. The Morgan fingerprint density at radius 1 is 1.05 bits per heavy atom. The summed E-state index contributed by atoms with van der Waals surface area (Å²) in [6.45, 7) is 1.72. The monoisotopic (exact) mass is 308 g/mol. The third kappa shape index (κ3) is 4.00. The fourth-order valence-electron chi connectivity index (χ4n) is 1.87. The number of para-hydroxylation sites is 2. The highest BCUT2D eigenvalue weighted by molar-refractivity contribution is 5.94. The van der Waals surface area contributed by atoms with Crippen LogP contribution in [0.4, 0.5) is 30.2 Å². The van der Waals surface area contributed by atoms with Crippen LogP contribution in [0.1, 0.15) is 18.9 Å². The number of hydrogen-bond acceptors (Lipinski definition) is 2. The summed E-state index contributed by atoms with van der Waals surface area (Å²) in [6, 6.07) is 11.7. The Kier molecular flexibility index (Phi) is 4.70. The quantitative estimate of drug-likeness (QED) is 0.852. The summed E-state index contributed by atoms with van der Waals surface area (Å²) >= 11 is 0. The molecule has 0 aliphatic carbocycles. The standard InChI is InChI=1S/C16H15F3N2O/c1-2-15(22)21-14-9-4-3-8-13(14)20-12-7-5-6-11(10-12)16(17,18)19/h3-10,20H,2H2,1H3,(H,21,22). The number of carbonyl (C=O) groups excluding carboxylic acids is 1. The molecule has 22 heavy (non-hydrogen) atoms. The van der Waals surface area contributed by atoms with Crippen molar-refractivity contribution in [3.8, 4) is 0 Å². The molecule has 0 heterocycles. The molecule has 0 unspecified atom stereocenters. The van der Waals surface area contributed by atoms with Gasteiger partial charge in [-0.05, 0) is 30.3 Å². The minimum absolute atomic E-state index is 0.168. The molecule has 0 atom stereocenters. The van der Waals surface area contributed by atoms with Crippen molar-refractivity contribution in [2.24, 2.45) is 0 Å². The molecule has 6 heteroatoms. The van der Waals surface area contributed by atoms with Crippen LogP contribution in [0.25, 0.3) is 0 Å². The largest absolute Gasteiger partial charge is 0.416 e. The van der Waals surface area contributed by atoms with Gasteiger partial charge in [0.15, 0.2) is 0 Å². The van der Waals surface area contributed by atoms with Gasteiger partial charge >= 0.3 is 6.18 Å². The molecule has 0 aliphatic heterocycles. The van der Waals surface area contributed by atoms with E-state index in [9.17, 15) is 18.0 Å². The highest BCUT2D eigenvalue weighted by Crippen LogP contribution is 2.32. The fourth-order valence-corrected chi connectivity index (χ4v) is 1.87. The molecule has 0 radical (unpaired) electrons. The van der Waals surface area contributed by atoms with Crippen molar-refractivity contribution < 1.29 is 18.0 Å². The molecule has 2 aromatic rings. The van der Waals surface area contributed by atoms with Crippen LogP contribution < -0.4 is 10.6 Å². The molecule has 2 aromatic carbocycles. The normalized spacial score (nSPS) is 11.1. The van der Waals surface area contributed by atoms with Crippen molar-refractivity contribution in [1.29, 1.82) is 0 Å². The first-order valence-corrected chi connectivity index (χ1v) is 6.73. The number of hydrogen-bond donors (Lipinski definition) is 2. The van der Waals surface area contributed by atoms with Gasteiger partial charge in [0.05, 0.1) is 16.9 Å². The molecular weight excluding hydrogens is 293 g/mol. The molecule has 2 rings (SSSR count). The molecule has 0 spiro atoms. The number of nitrogens with one attached hydrogen (secondary N) is 2. The summed E-state index contributed by atoms with van der Waals surface area (Å²) in [5, 5.41) is 5.60. The van der Waals surface area contributed by atoms with E-state index in [0.717, 1.165) is 12.1 Å². The Hall–Kier alpha value is -2.50. The number of rotatable bonds is 4. The van der Waals surface area contributed by atoms with E-state index in [-0.39, 0.29) is 5.91 Å². The fraction of sp³-hybridized carbons (Fsp3) is 0.188. The molecule has 116 valence electrons. The molecule has 1 amide bonds. The van der Waals surface area contributed by atoms with Crippen molar-refractivity contribution in [1.82, 2.24) is 0 Å². The van der Waals surface area contributed by atoms with E-state index < -0.39 is 11.7 Å². The van der Waals surface area contributed by atoms with Crippen LogP contribution in [0.15, 0.2) is 48.5 Å². The van der Waals surface area contributed by atoms with E-state index >= 15 is 0 Å². The van der Waals surface area contributed by atoms with Crippen molar-refractivity contribution in [3.05, 3.63) is 54.1 Å². The van der Waals surface area contributed by atoms with Gasteiger partial charge in [0.1, 0.15) is 0 Å². The van der Waals surface area contributed by atoms with Crippen molar-refractivity contribution in [2.45, 2.75) is 19.5 Å². The lowest BCUT2D eigenvalue weighted by Gasteiger charge is -2.14. The summed E-state index contributed by atoms with van der Waals surface area (Å²) < 4.78 is 38.2. The lowest BCUT2D eigenvalue weighted by Crippen LogP contribution is -2.11. The number of halogens is 3. The van der Waals surface area contributed by atoms with E-state index in [1.165, 1.54) is 12.1 Å². The SMILES string of the molecule is CCC(=O)Nc1ccccc1Nc1cccc(C(F)(F)F)c1. The van der Waals surface area contributed by atoms with Crippen LogP contribution >= 0.6 is 0 Å². The van der Waals surface area contributed by atoms with E-state index in [4.69, 9.17) is 0 Å². The van der Waals surface area contributed by atoms with Crippen LogP contribution in [0.5, 0.6) is 0 Å². The van der Waals surface area contributed by atoms with E-state index in [1.54, 1.807) is 31.2 Å². The zero-order valence-electron chi connectivity index (χ0n) is 11.9. The molecule has 0 saturated heterocycles. The second-order valence-corrected chi connectivity index (χ2v) is 4.65. The second-order valence-electron chi connectivity index (χ2n) is 4.65. The third-order valence-electron chi connectivity index (χ3n) is 2.99. The van der Waals surface area contributed by atoms with Gasteiger partial charge in [0, 0.05) is 12.1 Å². The molecule has 3 nitrogen and oxygen atoms in total. The van der Waals surface area contributed by atoms with Gasteiger partial charge in [-0.3, -0.25) is 4.79 Å². The van der Waals surface area contributed by atoms with Gasteiger partial charge < -0.3 is 10.6 Å². The van der Waals surface area contributed by atoms with Gasteiger partial charge in [-0.1, -0.05) is 25.1 Å². The smallest absolute Gasteiger partial charge is 0.354 e. The first-order chi connectivity index (χ1) is 10.4. The Balaban J connectivity index is 2.26. The second kappa shape index (κ2) is 6.51. The van der Waals surface area contributed by atoms with Crippen molar-refractivity contribution in [3.63, 3.8) is 0 Å². The Morgan fingerprint density at radius 3 is 2.36 bits per heavy atom. The number of anilines is 3. The lowest BCUT2D eigenvalue weighted by atomic mass is 10.2. The van der Waals surface area contributed by atoms with Gasteiger partial charge in [0.2, 0.25) is 5.91 Å². The van der Waals surface area contributed by atoms with Crippen LogP contribution in [0.2, 0.25) is 0 Å². The number of benzene rings is 2. The van der Waals surface area contributed by atoms with E-state index in [2.05, 4.69) is 10.6 Å². The van der Waals surface area contributed by atoms with Gasteiger partial charge in [-0.15, -0.1) is 0 Å². The predicted molar refractivity (Wildman–Crippen MR) is 80.1 cm³/mol. The summed E-state index contributed by atoms with van der Waals surface area (Å²) in [5.74, 6) is -0.168. The average Bonchev–Trinajstić information content (AvgIpc) is 2.48. The maximum absolute atomic E-state index is 12.7. The first kappa shape index (κ1) is 15.9. The minimum atomic E-state index is -4.40. The van der Waals surface area contributed by atoms with Crippen LogP contribution in [-0.2, 0) is 11.0 Å². The molecule has 0 fully saturated rings. The highest BCUT2D eigenvalue weighted by atomic mass is 19.4. The Labute approximate surface area is 126 Å². The molecule has 2 N–H and O–H groups in total. The summed E-state index contributed by atoms with van der Waals surface area (Å²) in [4.78, 5) is 11.5. The average molecular weight is 308 g/mol. The minimum Gasteiger partial charge on any atom is -0.354 e. The maximum atomic E-state index is 12.7. The summed E-state index contributed by atoms with van der Waals surface area (Å²) in [5.41, 5.74) is 0.621. The zero-order valence-corrected chi connectivity index (χ0v) is 11.9. The predicted octanol–water partition coefficient (Wildman–Crippen LogP) is 4.80. The molecular formula is C16H15F3N2O. The van der Waals surface area contributed by atoms with Gasteiger partial charge in [0.25, 0.3) is 0 Å². The van der Waals surface area contributed by atoms with Crippen LogP contribution in [0, 0.1) is 0 Å². The summed E-state index contributed by atoms with van der Waals surface area (Å²) in [7, 11) is 0. The van der Waals surface area contributed by atoms with Gasteiger partial charge in [-0.2, -0.15) is 13.2 Å². The summed E-state index contributed by atoms with van der Waals surface area (Å²) in [6.07, 6.45) is -4.08. The zero-order chi connectivity index (χ0) is 16.2. The van der Waals surface area contributed by atoms with E-state index in [1.807, 2.05) is 0 Å². The van der Waals surface area contributed by atoms with Crippen LogP contribution in [-0.4, -0.2) is 5.91 Å². The highest BCUT2D eigenvalue weighted by Gasteiger charge is 2.30. The molecule has 0 saturated carbocycles. The number of alkyl halides is 3. The Bertz CT molecular complexity index is 668. The molecule has 0 bridgehead atoms. The third-order valence-corrected chi connectivity index (χ3v) is 2.99. The number of carbonyl (C=O) groups is 1. The van der Waals surface area contributed by atoms with E-state index in [0.29, 0.717) is 23.5 Å². The first-order valence-electron chi connectivity index (χ1n) is 6.73. The van der Waals surface area contributed by atoms with Crippen molar-refractivity contribution in [2.75, 3.05) is 10.6 Å². The maximum Gasteiger partial charge on any atom is 0.416 e. The molecule has 0 aromatic heterocycles. The topological polar surface area (TPSA) is 41.1 Å². The lowest BCUT2D eigenvalue weighted by molar-refractivity contribution is -0.137.